The van der Waals surface area contributed by atoms with Gasteiger partial charge in [-0.1, -0.05) is 39.8 Å². The summed E-state index contributed by atoms with van der Waals surface area (Å²) in [4.78, 5) is 7.62. The van der Waals surface area contributed by atoms with Crippen LogP contribution in [0.4, 0.5) is 0 Å². The minimum atomic E-state index is 0.579. The number of benzene rings is 1. The molecule has 5 nitrogen and oxygen atoms in total. The first-order valence-electron chi connectivity index (χ1n) is 5.93. The predicted molar refractivity (Wildman–Crippen MR) is 80.3 cm³/mol. The molecule has 1 N–H and O–H groups in total. The molecule has 2 aromatic heterocycles. The highest BCUT2D eigenvalue weighted by Crippen LogP contribution is 2.24. The Morgan fingerprint density at radius 2 is 2.05 bits per heavy atom. The van der Waals surface area contributed by atoms with E-state index in [1.54, 1.807) is 6.92 Å². The molecule has 0 aliphatic heterocycles. The molecule has 20 heavy (non-hydrogen) atoms. The third-order valence-corrected chi connectivity index (χ3v) is 4.01. The minimum Gasteiger partial charge on any atom is -0.425 e. The van der Waals surface area contributed by atoms with Crippen LogP contribution in [0.2, 0.25) is 0 Å². The van der Waals surface area contributed by atoms with Gasteiger partial charge in [0.15, 0.2) is 5.16 Å². The summed E-state index contributed by atoms with van der Waals surface area (Å²) in [5.74, 6) is 1.79. The van der Waals surface area contributed by atoms with Crippen molar-refractivity contribution >= 4 is 27.7 Å². The number of nitrogens with one attached hydrogen (secondary N) is 1. The van der Waals surface area contributed by atoms with Crippen molar-refractivity contribution in [3.05, 3.63) is 46.7 Å². The van der Waals surface area contributed by atoms with Crippen LogP contribution in [-0.2, 0) is 5.75 Å². The van der Waals surface area contributed by atoms with Crippen LogP contribution in [0.15, 0.2) is 44.5 Å². The summed E-state index contributed by atoms with van der Waals surface area (Å²) in [6.45, 7) is 1.78. The average Bonchev–Trinajstić information content (AvgIpc) is 3.06. The molecule has 0 aliphatic rings. The van der Waals surface area contributed by atoms with E-state index in [-0.39, 0.29) is 0 Å². The lowest BCUT2D eigenvalue weighted by atomic mass is 10.2. The van der Waals surface area contributed by atoms with Crippen LogP contribution in [0.1, 0.15) is 11.8 Å². The first-order valence-corrected chi connectivity index (χ1v) is 7.71. The van der Waals surface area contributed by atoms with Crippen molar-refractivity contribution in [2.45, 2.75) is 17.8 Å². The molecule has 2 heterocycles. The summed E-state index contributed by atoms with van der Waals surface area (Å²) in [5, 5.41) is 8.58. The molecule has 0 saturated carbocycles. The van der Waals surface area contributed by atoms with Crippen molar-refractivity contribution in [3.8, 4) is 11.3 Å². The summed E-state index contributed by atoms with van der Waals surface area (Å²) < 4.78 is 6.38. The van der Waals surface area contributed by atoms with Gasteiger partial charge in [0.25, 0.3) is 0 Å². The zero-order chi connectivity index (χ0) is 13.9. The lowest BCUT2D eigenvalue weighted by molar-refractivity contribution is 0.485. The molecule has 0 bridgehead atoms. The summed E-state index contributed by atoms with van der Waals surface area (Å²) in [7, 11) is 0. The van der Waals surface area contributed by atoms with Crippen molar-refractivity contribution in [1.29, 1.82) is 0 Å². The maximum Gasteiger partial charge on any atom is 0.226 e. The molecule has 0 saturated heterocycles. The molecule has 7 heteroatoms. The molecular formula is C13H11BrN4OS. The van der Waals surface area contributed by atoms with Crippen molar-refractivity contribution in [2.24, 2.45) is 0 Å². The van der Waals surface area contributed by atoms with Crippen molar-refractivity contribution in [3.63, 3.8) is 0 Å². The second-order valence-electron chi connectivity index (χ2n) is 4.11. The largest absolute Gasteiger partial charge is 0.425 e. The van der Waals surface area contributed by atoms with Gasteiger partial charge in [0, 0.05) is 11.4 Å². The van der Waals surface area contributed by atoms with Gasteiger partial charge in [-0.25, -0.2) is 4.98 Å². The van der Waals surface area contributed by atoms with Gasteiger partial charge in [-0.15, -0.1) is 10.2 Å². The number of halogens is 1. The summed E-state index contributed by atoms with van der Waals surface area (Å²) in [5.41, 5.74) is 2.09. The molecular weight excluding hydrogens is 340 g/mol. The zero-order valence-corrected chi connectivity index (χ0v) is 13.0. The molecule has 102 valence electrons. The summed E-state index contributed by atoms with van der Waals surface area (Å²) in [6, 6.07) is 8.08. The Kier molecular flexibility index (Phi) is 3.88. The van der Waals surface area contributed by atoms with Gasteiger partial charge >= 0.3 is 0 Å². The number of aryl methyl sites for hydroxylation is 1. The fourth-order valence-corrected chi connectivity index (χ4v) is 2.63. The smallest absolute Gasteiger partial charge is 0.226 e. The van der Waals surface area contributed by atoms with Crippen LogP contribution in [0.3, 0.4) is 0 Å². The number of aromatic amines is 1. The molecule has 0 radical (unpaired) electrons. The van der Waals surface area contributed by atoms with E-state index in [0.717, 1.165) is 20.9 Å². The van der Waals surface area contributed by atoms with Gasteiger partial charge in [-0.2, -0.15) is 0 Å². The molecule has 0 amide bonds. The van der Waals surface area contributed by atoms with Gasteiger partial charge in [-0.3, -0.25) is 0 Å². The topological polar surface area (TPSA) is 67.6 Å². The van der Waals surface area contributed by atoms with Crippen LogP contribution < -0.4 is 0 Å². The summed E-state index contributed by atoms with van der Waals surface area (Å²) in [6.07, 6.45) is 1.82. The van der Waals surface area contributed by atoms with Gasteiger partial charge < -0.3 is 9.40 Å². The van der Waals surface area contributed by atoms with Crippen LogP contribution in [0.25, 0.3) is 11.3 Å². The van der Waals surface area contributed by atoms with Crippen LogP contribution in [-0.4, -0.2) is 20.2 Å². The van der Waals surface area contributed by atoms with E-state index in [4.69, 9.17) is 4.42 Å². The number of imidazole rings is 1. The Bertz CT molecular complexity index is 707. The molecule has 0 fully saturated rings. The number of nitrogens with zero attached hydrogens (tertiary/aromatic N) is 3. The molecule has 3 rings (SSSR count). The van der Waals surface area contributed by atoms with E-state index >= 15 is 0 Å². The number of thioether (sulfide) groups is 1. The normalized spacial score (nSPS) is 10.9. The Morgan fingerprint density at radius 1 is 1.25 bits per heavy atom. The van der Waals surface area contributed by atoms with Gasteiger partial charge in [0.1, 0.15) is 0 Å². The first-order chi connectivity index (χ1) is 9.70. The lowest BCUT2D eigenvalue weighted by Crippen LogP contribution is -1.82. The van der Waals surface area contributed by atoms with E-state index in [1.165, 1.54) is 11.8 Å². The number of hydrogen-bond acceptors (Lipinski definition) is 5. The second kappa shape index (κ2) is 5.80. The third kappa shape index (κ3) is 3.10. The van der Waals surface area contributed by atoms with Crippen LogP contribution in [0.5, 0.6) is 0 Å². The average molecular weight is 351 g/mol. The van der Waals surface area contributed by atoms with Gasteiger partial charge in [-0.05, 0) is 17.7 Å². The Hall–Kier alpha value is -1.60. The predicted octanol–water partition coefficient (Wildman–Crippen LogP) is 3.82. The lowest BCUT2D eigenvalue weighted by Gasteiger charge is -1.97. The monoisotopic (exact) mass is 350 g/mol. The Labute approximate surface area is 128 Å². The number of rotatable bonds is 4. The van der Waals surface area contributed by atoms with Gasteiger partial charge in [0.2, 0.25) is 11.8 Å². The van der Waals surface area contributed by atoms with Crippen LogP contribution >= 0.6 is 27.7 Å². The molecule has 0 spiro atoms. The van der Waals surface area contributed by atoms with Crippen molar-refractivity contribution in [1.82, 2.24) is 20.2 Å². The number of aromatic nitrogens is 4. The highest BCUT2D eigenvalue weighted by molar-refractivity contribution is 9.10. The zero-order valence-electron chi connectivity index (χ0n) is 10.6. The molecule has 3 aromatic rings. The highest BCUT2D eigenvalue weighted by atomic mass is 79.9. The minimum absolute atomic E-state index is 0.579. The van der Waals surface area contributed by atoms with E-state index in [9.17, 15) is 0 Å². The maximum atomic E-state index is 5.32. The molecule has 1 aromatic carbocycles. The fourth-order valence-electron chi connectivity index (χ4n) is 1.68. The van der Waals surface area contributed by atoms with Crippen LogP contribution in [0, 0.1) is 6.92 Å². The SMILES string of the molecule is Cc1nnc(CSc2ncc(-c3ccc(Br)cc3)[nH]2)o1. The van der Waals surface area contributed by atoms with Gasteiger partial charge in [0.05, 0.1) is 17.6 Å². The fraction of sp³-hybridized carbons (Fsp3) is 0.154. The maximum absolute atomic E-state index is 5.32. The van der Waals surface area contributed by atoms with E-state index in [0.29, 0.717) is 17.5 Å². The Balaban J connectivity index is 1.69. The first kappa shape index (κ1) is 13.4. The highest BCUT2D eigenvalue weighted by Gasteiger charge is 2.07. The third-order valence-electron chi connectivity index (χ3n) is 2.61. The standard InChI is InChI=1S/C13H11BrN4OS/c1-8-17-18-12(19-8)7-20-13-15-6-11(16-13)9-2-4-10(14)5-3-9/h2-6H,7H2,1H3,(H,15,16). The van der Waals surface area contributed by atoms with E-state index < -0.39 is 0 Å². The van der Waals surface area contributed by atoms with Crippen molar-refractivity contribution in [2.75, 3.05) is 0 Å². The second-order valence-corrected chi connectivity index (χ2v) is 5.99. The molecule has 0 unspecified atom stereocenters. The summed E-state index contributed by atoms with van der Waals surface area (Å²) >= 11 is 4.96. The van der Waals surface area contributed by atoms with Crippen molar-refractivity contribution < 1.29 is 4.42 Å². The van der Waals surface area contributed by atoms with E-state index in [2.05, 4.69) is 36.1 Å². The number of hydrogen-bond donors (Lipinski definition) is 1. The molecule has 0 atom stereocenters. The Morgan fingerprint density at radius 3 is 2.75 bits per heavy atom. The number of H-pyrrole nitrogens is 1. The molecule has 0 aliphatic carbocycles. The van der Waals surface area contributed by atoms with E-state index in [1.807, 2.05) is 30.5 Å². The quantitative estimate of drug-likeness (QED) is 0.724.